The van der Waals surface area contributed by atoms with Gasteiger partial charge >= 0.3 is 18.1 Å². The van der Waals surface area contributed by atoms with E-state index in [9.17, 15) is 47.0 Å². The highest BCUT2D eigenvalue weighted by Gasteiger charge is 2.31. The van der Waals surface area contributed by atoms with Crippen molar-refractivity contribution in [2.24, 2.45) is 23.3 Å². The normalized spacial score (nSPS) is 13.1. The number of pyridine rings is 1. The predicted octanol–water partition coefficient (Wildman–Crippen LogP) is 2.99. The molecule has 286 valence electrons. The summed E-state index contributed by atoms with van der Waals surface area (Å²) >= 11 is 0. The lowest BCUT2D eigenvalue weighted by atomic mass is 9.92. The molecule has 1 aromatic heterocycles. The van der Waals surface area contributed by atoms with Crippen LogP contribution in [0, 0.1) is 17.2 Å². The standard InChI is InChI=1S/C34H46F3N7O8/c35-34(36,37)22-7-9-24-26(11-13-41-27(24)19-22)42-14-15-43-30(47)18-21(17-28(46)25(38)5-1-2-6-29(39)40)32(50)44-12-3-4-20(33(51)52)16-23(45)8-10-31(48)49/h7,9,11,13,19-21,25H,1-6,8,10,12,14-18,38H2,(H3,39,40)(H,41,42)(H,43,47)(H,44,50)(H,48,49)(H,51,52)/t20-,21+,25-/m0/s1. The molecule has 0 bridgehead atoms. The lowest BCUT2D eigenvalue weighted by Gasteiger charge is -2.19. The van der Waals surface area contributed by atoms with Crippen LogP contribution >= 0.6 is 0 Å². The molecule has 2 rings (SSSR count). The highest BCUT2D eigenvalue weighted by atomic mass is 19.4. The maximum absolute atomic E-state index is 13.2. The summed E-state index contributed by atoms with van der Waals surface area (Å²) in [5.74, 6) is -6.79. The third kappa shape index (κ3) is 15.8. The number of aromatic nitrogens is 1. The monoisotopic (exact) mass is 737 g/mol. The van der Waals surface area contributed by atoms with Crippen molar-refractivity contribution >= 4 is 57.7 Å². The van der Waals surface area contributed by atoms with Crippen molar-refractivity contribution in [3.63, 3.8) is 0 Å². The van der Waals surface area contributed by atoms with E-state index in [1.807, 2.05) is 0 Å². The lowest BCUT2D eigenvalue weighted by Crippen LogP contribution is -2.40. The number of amides is 2. The summed E-state index contributed by atoms with van der Waals surface area (Å²) in [4.78, 5) is 77.3. The maximum Gasteiger partial charge on any atom is 0.416 e. The van der Waals surface area contributed by atoms with Gasteiger partial charge in [0.05, 0.1) is 41.2 Å². The van der Waals surface area contributed by atoms with Crippen molar-refractivity contribution < 1.29 is 52.2 Å². The van der Waals surface area contributed by atoms with Crippen LogP contribution in [0.25, 0.3) is 10.9 Å². The molecule has 2 aromatic rings. The Kier molecular flexibility index (Phi) is 17.6. The van der Waals surface area contributed by atoms with Gasteiger partial charge in [0.25, 0.3) is 0 Å². The number of amidine groups is 1. The fourth-order valence-corrected chi connectivity index (χ4v) is 5.31. The molecule has 0 spiro atoms. The molecule has 10 N–H and O–H groups in total. The van der Waals surface area contributed by atoms with Gasteiger partial charge in [-0.15, -0.1) is 0 Å². The smallest absolute Gasteiger partial charge is 0.416 e. The minimum Gasteiger partial charge on any atom is -0.481 e. The first-order valence-electron chi connectivity index (χ1n) is 16.8. The van der Waals surface area contributed by atoms with E-state index in [2.05, 4.69) is 20.9 Å². The molecule has 0 aliphatic rings. The summed E-state index contributed by atoms with van der Waals surface area (Å²) in [6, 6.07) is 3.82. The van der Waals surface area contributed by atoms with E-state index in [1.165, 1.54) is 12.3 Å². The molecule has 18 heteroatoms. The summed E-state index contributed by atoms with van der Waals surface area (Å²) in [7, 11) is 0. The molecule has 0 aliphatic heterocycles. The third-order valence-corrected chi connectivity index (χ3v) is 8.18. The largest absolute Gasteiger partial charge is 0.481 e. The van der Waals surface area contributed by atoms with Gasteiger partial charge in [-0.25, -0.2) is 0 Å². The number of Topliss-reactive ketones (excluding diaryl/α,β-unsaturated/α-hetero) is 2. The Bertz CT molecular complexity index is 1590. The van der Waals surface area contributed by atoms with E-state index < -0.39 is 71.4 Å². The Morgan fingerprint density at radius 3 is 2.23 bits per heavy atom. The van der Waals surface area contributed by atoms with E-state index in [0.717, 1.165) is 12.1 Å². The maximum atomic E-state index is 13.2. The number of benzene rings is 1. The summed E-state index contributed by atoms with van der Waals surface area (Å²) in [5, 5.41) is 34.2. The van der Waals surface area contributed by atoms with Crippen LogP contribution in [-0.2, 0) is 34.9 Å². The minimum atomic E-state index is -4.53. The van der Waals surface area contributed by atoms with Crippen molar-refractivity contribution in [1.29, 1.82) is 5.41 Å². The van der Waals surface area contributed by atoms with Crippen LogP contribution in [0.2, 0.25) is 0 Å². The number of ketones is 2. The summed E-state index contributed by atoms with van der Waals surface area (Å²) in [5.41, 5.74) is 11.2. The zero-order valence-electron chi connectivity index (χ0n) is 28.6. The van der Waals surface area contributed by atoms with Crippen LogP contribution < -0.4 is 27.4 Å². The Hall–Kier alpha value is -5.13. The summed E-state index contributed by atoms with van der Waals surface area (Å²) in [6.07, 6.45) is -3.16. The lowest BCUT2D eigenvalue weighted by molar-refractivity contribution is -0.144. The van der Waals surface area contributed by atoms with E-state index in [1.54, 1.807) is 6.07 Å². The quantitative estimate of drug-likeness (QED) is 0.0415. The second-order valence-electron chi connectivity index (χ2n) is 12.4. The number of aliphatic carboxylic acids is 2. The molecule has 0 aliphatic carbocycles. The molecule has 2 amide bonds. The second-order valence-corrected chi connectivity index (χ2v) is 12.4. The minimum absolute atomic E-state index is 0.00552. The Labute approximate surface area is 298 Å². The zero-order valence-corrected chi connectivity index (χ0v) is 28.6. The summed E-state index contributed by atoms with van der Waals surface area (Å²) in [6.45, 7) is 0.197. The molecular weight excluding hydrogens is 691 g/mol. The number of hydrogen-bond acceptors (Lipinski definition) is 10. The number of nitrogens with one attached hydrogen (secondary N) is 4. The first kappa shape index (κ1) is 43.0. The molecule has 52 heavy (non-hydrogen) atoms. The molecule has 15 nitrogen and oxygen atoms in total. The SMILES string of the molecule is N=C(N)CCCC[C@H](N)C(=O)C[C@H](CC(=O)NCCNc1ccnc2cc(C(F)(F)F)ccc12)C(=O)NCCC[C@@H](CC(=O)CCC(=O)O)C(=O)O. The summed E-state index contributed by atoms with van der Waals surface area (Å²) < 4.78 is 39.3. The van der Waals surface area contributed by atoms with E-state index in [4.69, 9.17) is 22.0 Å². The van der Waals surface area contributed by atoms with Crippen molar-refractivity contribution in [1.82, 2.24) is 15.6 Å². The number of nitrogens with two attached hydrogens (primary N) is 2. The Morgan fingerprint density at radius 1 is 0.846 bits per heavy atom. The van der Waals surface area contributed by atoms with Gasteiger partial charge in [-0.2, -0.15) is 13.2 Å². The molecule has 0 fully saturated rings. The van der Waals surface area contributed by atoms with Gasteiger partial charge in [0.15, 0.2) is 0 Å². The molecule has 0 radical (unpaired) electrons. The number of carboxylic acid groups (broad SMARTS) is 2. The van der Waals surface area contributed by atoms with Crippen molar-refractivity contribution in [2.75, 3.05) is 25.0 Å². The zero-order chi connectivity index (χ0) is 38.8. The van der Waals surface area contributed by atoms with Gasteiger partial charge < -0.3 is 37.6 Å². The number of hydrogen-bond donors (Lipinski definition) is 8. The number of halogens is 3. The number of carbonyl (C=O) groups excluding carboxylic acids is 4. The molecule has 0 unspecified atom stereocenters. The van der Waals surface area contributed by atoms with Crippen LogP contribution in [0.5, 0.6) is 0 Å². The number of alkyl halides is 3. The highest BCUT2D eigenvalue weighted by Crippen LogP contribution is 2.32. The highest BCUT2D eigenvalue weighted by molar-refractivity contribution is 5.93. The van der Waals surface area contributed by atoms with E-state index in [0.29, 0.717) is 30.3 Å². The van der Waals surface area contributed by atoms with Gasteiger partial charge in [-0.1, -0.05) is 12.5 Å². The third-order valence-electron chi connectivity index (χ3n) is 8.18. The number of carboxylic acids is 2. The van der Waals surface area contributed by atoms with Crippen LogP contribution in [-0.4, -0.2) is 82.0 Å². The fraction of sp³-hybridized carbons (Fsp3) is 0.529. The predicted molar refractivity (Wildman–Crippen MR) is 184 cm³/mol. The van der Waals surface area contributed by atoms with Crippen LogP contribution in [0.15, 0.2) is 30.5 Å². The molecule has 3 atom stereocenters. The number of unbranched alkanes of at least 4 members (excludes halogenated alkanes) is 1. The van der Waals surface area contributed by atoms with Crippen LogP contribution in [0.1, 0.15) is 76.2 Å². The van der Waals surface area contributed by atoms with Gasteiger partial charge in [0, 0.05) is 69.0 Å². The number of fused-ring (bicyclic) bond motifs is 1. The van der Waals surface area contributed by atoms with Crippen molar-refractivity contribution in [3.05, 3.63) is 36.0 Å². The van der Waals surface area contributed by atoms with Gasteiger partial charge in [0.1, 0.15) is 11.6 Å². The Morgan fingerprint density at radius 2 is 1.58 bits per heavy atom. The first-order valence-corrected chi connectivity index (χ1v) is 16.8. The topological polar surface area (TPSA) is 268 Å². The molecule has 1 heterocycles. The average molecular weight is 738 g/mol. The van der Waals surface area contributed by atoms with Crippen LogP contribution in [0.3, 0.4) is 0 Å². The molecule has 1 aromatic carbocycles. The number of anilines is 1. The number of rotatable bonds is 25. The van der Waals surface area contributed by atoms with Gasteiger partial charge in [-0.3, -0.25) is 39.2 Å². The van der Waals surface area contributed by atoms with Crippen molar-refractivity contribution in [3.8, 4) is 0 Å². The molecular formula is C34H46F3N7O8. The first-order chi connectivity index (χ1) is 24.5. The number of nitrogens with zero attached hydrogens (tertiary/aromatic N) is 1. The van der Waals surface area contributed by atoms with E-state index >= 15 is 0 Å². The molecule has 0 saturated heterocycles. The average Bonchev–Trinajstić information content (AvgIpc) is 3.07. The number of carbonyl (C=O) groups is 6. The van der Waals surface area contributed by atoms with Crippen molar-refractivity contribution in [2.45, 2.75) is 82.8 Å². The fourth-order valence-electron chi connectivity index (χ4n) is 5.31. The van der Waals surface area contributed by atoms with Crippen LogP contribution in [0.4, 0.5) is 18.9 Å². The van der Waals surface area contributed by atoms with E-state index in [-0.39, 0.29) is 75.9 Å². The Balaban J connectivity index is 1.98. The van der Waals surface area contributed by atoms with Gasteiger partial charge in [0.2, 0.25) is 11.8 Å². The molecule has 0 saturated carbocycles. The second kappa shape index (κ2) is 21.3. The van der Waals surface area contributed by atoms with Gasteiger partial charge in [-0.05, 0) is 43.9 Å².